The highest BCUT2D eigenvalue weighted by Gasteiger charge is 2.32. The Morgan fingerprint density at radius 1 is 0.915 bits per heavy atom. The molecule has 0 saturated carbocycles. The molecule has 246 valence electrons. The summed E-state index contributed by atoms with van der Waals surface area (Å²) in [5.41, 5.74) is 2.16. The number of ether oxygens (including phenoxy) is 3. The molecule has 4 aromatic carbocycles. The smallest absolute Gasteiger partial charge is 0.261 e. The van der Waals surface area contributed by atoms with Crippen molar-refractivity contribution in [2.24, 2.45) is 0 Å². The van der Waals surface area contributed by atoms with Gasteiger partial charge in [0.15, 0.2) is 6.61 Å². The van der Waals surface area contributed by atoms with Gasteiger partial charge < -0.3 is 24.4 Å². The van der Waals surface area contributed by atoms with Gasteiger partial charge in [0.2, 0.25) is 15.9 Å². The van der Waals surface area contributed by atoms with Crippen LogP contribution in [-0.2, 0) is 37.4 Å². The third-order valence-corrected chi connectivity index (χ3v) is 9.87. The normalized spacial score (nSPS) is 14.2. The molecule has 1 aliphatic rings. The molecule has 1 atom stereocenters. The number of carbonyl (C=O) groups excluding carboxylic acids is 2. The summed E-state index contributed by atoms with van der Waals surface area (Å²) in [4.78, 5) is 29.5. The van der Waals surface area contributed by atoms with Crippen LogP contribution in [0.3, 0.4) is 0 Å². The van der Waals surface area contributed by atoms with E-state index in [1.807, 2.05) is 42.5 Å². The van der Waals surface area contributed by atoms with Gasteiger partial charge in [-0.25, -0.2) is 8.42 Å². The Kier molecular flexibility index (Phi) is 11.5. The fraction of sp³-hybridized carbons (Fsp3) is 0.257. The van der Waals surface area contributed by atoms with Crippen molar-refractivity contribution in [1.82, 2.24) is 14.5 Å². The molecule has 1 heterocycles. The number of hydrogen-bond donors (Lipinski definition) is 1. The van der Waals surface area contributed by atoms with Crippen LogP contribution in [0.1, 0.15) is 22.7 Å². The van der Waals surface area contributed by atoms with E-state index in [-0.39, 0.29) is 37.0 Å². The molecule has 0 aromatic heterocycles. The van der Waals surface area contributed by atoms with Crippen molar-refractivity contribution in [1.29, 1.82) is 0 Å². The summed E-state index contributed by atoms with van der Waals surface area (Å²) in [6, 6.07) is 28.4. The zero-order valence-electron chi connectivity index (χ0n) is 25.9. The number of amides is 2. The lowest BCUT2D eigenvalue weighted by atomic mass is 10.0. The first-order valence-electron chi connectivity index (χ1n) is 15.1. The maximum atomic E-state index is 14.0. The van der Waals surface area contributed by atoms with Crippen LogP contribution in [0, 0.1) is 0 Å². The van der Waals surface area contributed by atoms with Gasteiger partial charge in [-0.1, -0.05) is 72.3 Å². The Morgan fingerprint density at radius 2 is 1.57 bits per heavy atom. The van der Waals surface area contributed by atoms with E-state index < -0.39 is 28.6 Å². The SMILES string of the molecule is COc1ccccc1CNC(=O)[C@@H](c1ccccc1)N(Cc1ccc(Cl)cc1)C(=O)COc1ccc(S(=O)(=O)N2CCOCC2)cc1. The van der Waals surface area contributed by atoms with Crippen LogP contribution in [0.5, 0.6) is 11.5 Å². The van der Waals surface area contributed by atoms with Crippen LogP contribution in [0.25, 0.3) is 0 Å². The maximum Gasteiger partial charge on any atom is 0.261 e. The number of hydrogen-bond acceptors (Lipinski definition) is 7. The van der Waals surface area contributed by atoms with Gasteiger partial charge in [0.1, 0.15) is 17.5 Å². The van der Waals surface area contributed by atoms with Gasteiger partial charge in [-0.3, -0.25) is 9.59 Å². The number of para-hydroxylation sites is 1. The molecule has 0 unspecified atom stereocenters. The average molecular weight is 678 g/mol. The largest absolute Gasteiger partial charge is 0.496 e. The first kappa shape index (κ1) is 33.9. The first-order valence-corrected chi connectivity index (χ1v) is 16.9. The summed E-state index contributed by atoms with van der Waals surface area (Å²) < 4.78 is 44.0. The molecule has 1 fully saturated rings. The zero-order valence-corrected chi connectivity index (χ0v) is 27.5. The minimum Gasteiger partial charge on any atom is -0.496 e. The van der Waals surface area contributed by atoms with Crippen LogP contribution < -0.4 is 14.8 Å². The van der Waals surface area contributed by atoms with Crippen molar-refractivity contribution in [3.63, 3.8) is 0 Å². The van der Waals surface area contributed by atoms with Gasteiger partial charge in [0, 0.05) is 36.8 Å². The highest BCUT2D eigenvalue weighted by molar-refractivity contribution is 7.89. The van der Waals surface area contributed by atoms with Gasteiger partial charge in [0.05, 0.1) is 25.2 Å². The second-order valence-electron chi connectivity index (χ2n) is 10.8. The fourth-order valence-electron chi connectivity index (χ4n) is 5.22. The monoisotopic (exact) mass is 677 g/mol. The number of carbonyl (C=O) groups is 2. The Balaban J connectivity index is 1.37. The Morgan fingerprint density at radius 3 is 2.26 bits per heavy atom. The predicted octanol–water partition coefficient (Wildman–Crippen LogP) is 4.83. The summed E-state index contributed by atoms with van der Waals surface area (Å²) in [5, 5.41) is 3.52. The van der Waals surface area contributed by atoms with Crippen LogP contribution in [0.4, 0.5) is 0 Å². The highest BCUT2D eigenvalue weighted by Crippen LogP contribution is 2.26. The van der Waals surface area contributed by atoms with E-state index >= 15 is 0 Å². The Hall–Kier alpha value is -4.42. The molecule has 2 amide bonds. The molecule has 47 heavy (non-hydrogen) atoms. The molecular weight excluding hydrogens is 642 g/mol. The van der Waals surface area contributed by atoms with E-state index in [4.69, 9.17) is 25.8 Å². The summed E-state index contributed by atoms with van der Waals surface area (Å²) in [7, 11) is -2.12. The second kappa shape index (κ2) is 15.9. The van der Waals surface area contributed by atoms with E-state index in [9.17, 15) is 18.0 Å². The number of nitrogens with one attached hydrogen (secondary N) is 1. The number of benzene rings is 4. The van der Waals surface area contributed by atoms with E-state index in [0.717, 1.165) is 11.1 Å². The van der Waals surface area contributed by atoms with Crippen molar-refractivity contribution in [2.75, 3.05) is 40.0 Å². The van der Waals surface area contributed by atoms with Gasteiger partial charge >= 0.3 is 0 Å². The van der Waals surface area contributed by atoms with Gasteiger partial charge in [-0.2, -0.15) is 4.31 Å². The summed E-state index contributed by atoms with van der Waals surface area (Å²) in [6.45, 7) is 1.14. The van der Waals surface area contributed by atoms with Gasteiger partial charge in [-0.05, 0) is 53.6 Å². The molecule has 1 aliphatic heterocycles. The fourth-order valence-corrected chi connectivity index (χ4v) is 6.75. The molecule has 1 N–H and O–H groups in total. The molecule has 10 nitrogen and oxygen atoms in total. The number of nitrogens with zero attached hydrogens (tertiary/aromatic N) is 2. The molecule has 0 radical (unpaired) electrons. The highest BCUT2D eigenvalue weighted by atomic mass is 35.5. The topological polar surface area (TPSA) is 114 Å². The molecular formula is C35H36ClN3O7S. The van der Waals surface area contributed by atoms with E-state index in [1.54, 1.807) is 43.5 Å². The van der Waals surface area contributed by atoms with Crippen LogP contribution >= 0.6 is 11.6 Å². The number of halogens is 1. The minimum atomic E-state index is -3.68. The zero-order chi connectivity index (χ0) is 33.2. The van der Waals surface area contributed by atoms with Crippen molar-refractivity contribution in [3.05, 3.63) is 125 Å². The molecule has 4 aromatic rings. The first-order chi connectivity index (χ1) is 22.8. The number of rotatable bonds is 13. The lowest BCUT2D eigenvalue weighted by molar-refractivity contribution is -0.143. The van der Waals surface area contributed by atoms with Crippen molar-refractivity contribution in [3.8, 4) is 11.5 Å². The molecule has 5 rings (SSSR count). The second-order valence-corrected chi connectivity index (χ2v) is 13.1. The third-order valence-electron chi connectivity index (χ3n) is 7.70. The Labute approximate surface area is 279 Å². The van der Waals surface area contributed by atoms with Crippen LogP contribution in [0.15, 0.2) is 108 Å². The lowest BCUT2D eigenvalue weighted by Gasteiger charge is -2.31. The molecule has 0 aliphatic carbocycles. The van der Waals surface area contributed by atoms with Gasteiger partial charge in [-0.15, -0.1) is 0 Å². The summed E-state index contributed by atoms with van der Waals surface area (Å²) >= 11 is 6.12. The molecule has 12 heteroatoms. The number of morpholine rings is 1. The standard InChI is InChI=1S/C35H36ClN3O7S/c1-44-32-10-6-5-9-28(32)23-37-35(41)34(27-7-3-2-4-8-27)39(24-26-11-13-29(36)14-12-26)33(40)25-46-30-15-17-31(18-16-30)47(42,43)38-19-21-45-22-20-38/h2-18,34H,19-25H2,1H3,(H,37,41)/t34-/m1/s1. The lowest BCUT2D eigenvalue weighted by Crippen LogP contribution is -2.45. The third kappa shape index (κ3) is 8.69. The maximum absolute atomic E-state index is 14.0. The van der Waals surface area contributed by atoms with Crippen molar-refractivity contribution >= 4 is 33.4 Å². The molecule has 0 bridgehead atoms. The summed E-state index contributed by atoms with van der Waals surface area (Å²) in [6.07, 6.45) is 0. The molecule has 0 spiro atoms. The van der Waals surface area contributed by atoms with Crippen molar-refractivity contribution < 1.29 is 32.2 Å². The quantitative estimate of drug-likeness (QED) is 0.216. The molecule has 1 saturated heterocycles. The number of sulfonamides is 1. The number of methoxy groups -OCH3 is 1. The van der Waals surface area contributed by atoms with Gasteiger partial charge in [0.25, 0.3) is 5.91 Å². The van der Waals surface area contributed by atoms with Crippen LogP contribution in [0.2, 0.25) is 5.02 Å². The van der Waals surface area contributed by atoms with Crippen LogP contribution in [-0.4, -0.2) is 69.5 Å². The average Bonchev–Trinajstić information content (AvgIpc) is 3.11. The van der Waals surface area contributed by atoms with E-state index in [1.165, 1.54) is 33.5 Å². The predicted molar refractivity (Wildman–Crippen MR) is 178 cm³/mol. The van der Waals surface area contributed by atoms with E-state index in [2.05, 4.69) is 5.32 Å². The van der Waals surface area contributed by atoms with E-state index in [0.29, 0.717) is 35.3 Å². The van der Waals surface area contributed by atoms with Crippen molar-refractivity contribution in [2.45, 2.75) is 24.0 Å². The summed E-state index contributed by atoms with van der Waals surface area (Å²) in [5.74, 6) is 0.103. The Bertz CT molecular complexity index is 1750. The minimum absolute atomic E-state index is 0.0950.